The lowest BCUT2D eigenvalue weighted by Gasteiger charge is -2.27. The molecule has 4 aromatic rings. The topological polar surface area (TPSA) is 106 Å². The Kier molecular flexibility index (Phi) is 4.85. The van der Waals surface area contributed by atoms with Crippen molar-refractivity contribution in [2.75, 3.05) is 5.32 Å². The second-order valence-electron chi connectivity index (χ2n) is 7.75. The molecule has 0 saturated heterocycles. The highest BCUT2D eigenvalue weighted by atomic mass is 19.1. The first-order chi connectivity index (χ1) is 15.1. The smallest absolute Gasteiger partial charge is 0.406 e. The van der Waals surface area contributed by atoms with Gasteiger partial charge in [0.1, 0.15) is 5.82 Å². The van der Waals surface area contributed by atoms with E-state index >= 15 is 0 Å². The molecular weight excluding hydrogens is 401 g/mol. The van der Waals surface area contributed by atoms with E-state index < -0.39 is 0 Å². The summed E-state index contributed by atoms with van der Waals surface area (Å²) in [7, 11) is 0. The minimum Gasteiger partial charge on any atom is -0.406 e. The number of fused-ring (bicyclic) bond motifs is 1. The second kappa shape index (κ2) is 7.82. The fourth-order valence-electron chi connectivity index (χ4n) is 4.23. The highest BCUT2D eigenvalue weighted by molar-refractivity contribution is 5.92. The maximum absolute atomic E-state index is 13.1. The van der Waals surface area contributed by atoms with Gasteiger partial charge in [-0.3, -0.25) is 19.4 Å². The maximum Gasteiger partial charge on any atom is 0.420 e. The van der Waals surface area contributed by atoms with Crippen LogP contribution in [0.5, 0.6) is 0 Å². The van der Waals surface area contributed by atoms with Gasteiger partial charge in [0.2, 0.25) is 5.91 Å². The molecule has 31 heavy (non-hydrogen) atoms. The van der Waals surface area contributed by atoms with Crippen LogP contribution in [-0.4, -0.2) is 25.7 Å². The normalized spacial score (nSPS) is 18.9. The number of pyridine rings is 1. The lowest BCUT2D eigenvalue weighted by molar-refractivity contribution is -0.121. The summed E-state index contributed by atoms with van der Waals surface area (Å²) < 4.78 is 20.1. The number of oxazole rings is 1. The van der Waals surface area contributed by atoms with Crippen LogP contribution in [0.15, 0.2) is 58.0 Å². The molecule has 158 valence electrons. The number of anilines is 1. The summed E-state index contributed by atoms with van der Waals surface area (Å²) in [5.74, 6) is -0.520. The SMILES string of the molecule is O=C(Nc1cc(-c2ccc(F)cc2)[nH]n1)C1CCC(n2c(=O)oc3cnccc32)CC1. The number of halogens is 1. The molecule has 1 amide bonds. The molecule has 0 atom stereocenters. The predicted molar refractivity (Wildman–Crippen MR) is 112 cm³/mol. The van der Waals surface area contributed by atoms with Crippen LogP contribution < -0.4 is 11.1 Å². The average molecular weight is 421 g/mol. The van der Waals surface area contributed by atoms with Crippen LogP contribution in [0.4, 0.5) is 10.2 Å². The highest BCUT2D eigenvalue weighted by Crippen LogP contribution is 2.34. The molecule has 1 fully saturated rings. The summed E-state index contributed by atoms with van der Waals surface area (Å²) in [6.45, 7) is 0. The number of aromatic nitrogens is 4. The lowest BCUT2D eigenvalue weighted by Crippen LogP contribution is -2.30. The molecule has 0 unspecified atom stereocenters. The molecule has 3 aromatic heterocycles. The van der Waals surface area contributed by atoms with Gasteiger partial charge in [-0.1, -0.05) is 0 Å². The summed E-state index contributed by atoms with van der Waals surface area (Å²) in [6.07, 6.45) is 5.91. The number of aromatic amines is 1. The van der Waals surface area contributed by atoms with Gasteiger partial charge in [0.15, 0.2) is 11.4 Å². The molecule has 9 heteroatoms. The molecule has 0 radical (unpaired) electrons. The summed E-state index contributed by atoms with van der Waals surface area (Å²) >= 11 is 0. The first kappa shape index (κ1) is 19.2. The average Bonchev–Trinajstić information content (AvgIpc) is 3.38. The Morgan fingerprint density at radius 1 is 1.16 bits per heavy atom. The summed E-state index contributed by atoms with van der Waals surface area (Å²) in [6, 6.07) is 9.53. The van der Waals surface area contributed by atoms with Crippen LogP contribution >= 0.6 is 0 Å². The van der Waals surface area contributed by atoms with Crippen LogP contribution in [0.25, 0.3) is 22.4 Å². The number of amides is 1. The van der Waals surface area contributed by atoms with Crippen LogP contribution in [-0.2, 0) is 4.79 Å². The molecule has 1 aliphatic rings. The minimum atomic E-state index is -0.388. The zero-order chi connectivity index (χ0) is 21.4. The predicted octanol–water partition coefficient (Wildman–Crippen LogP) is 3.89. The van der Waals surface area contributed by atoms with Crippen LogP contribution in [0.1, 0.15) is 31.7 Å². The third kappa shape index (κ3) is 3.74. The molecule has 3 heterocycles. The Labute approximate surface area is 176 Å². The molecule has 5 rings (SSSR count). The van der Waals surface area contributed by atoms with Gasteiger partial charge in [0.05, 0.1) is 17.4 Å². The van der Waals surface area contributed by atoms with Gasteiger partial charge in [-0.2, -0.15) is 5.10 Å². The molecule has 8 nitrogen and oxygen atoms in total. The highest BCUT2D eigenvalue weighted by Gasteiger charge is 2.29. The van der Waals surface area contributed by atoms with E-state index in [2.05, 4.69) is 20.5 Å². The molecule has 1 aromatic carbocycles. The van der Waals surface area contributed by atoms with E-state index in [9.17, 15) is 14.0 Å². The van der Waals surface area contributed by atoms with Crippen molar-refractivity contribution in [2.24, 2.45) is 5.92 Å². The third-order valence-electron chi connectivity index (χ3n) is 5.83. The van der Waals surface area contributed by atoms with Crippen molar-refractivity contribution in [3.8, 4) is 11.3 Å². The van der Waals surface area contributed by atoms with Crippen molar-refractivity contribution in [1.82, 2.24) is 19.7 Å². The van der Waals surface area contributed by atoms with E-state index in [1.54, 1.807) is 35.0 Å². The Morgan fingerprint density at radius 2 is 1.94 bits per heavy atom. The second-order valence-corrected chi connectivity index (χ2v) is 7.75. The van der Waals surface area contributed by atoms with Gasteiger partial charge >= 0.3 is 5.76 Å². The zero-order valence-corrected chi connectivity index (χ0v) is 16.5. The van der Waals surface area contributed by atoms with Crippen molar-refractivity contribution >= 4 is 22.8 Å². The van der Waals surface area contributed by atoms with Crippen LogP contribution in [0, 0.1) is 11.7 Å². The molecule has 1 saturated carbocycles. The number of H-pyrrole nitrogens is 1. The molecule has 0 spiro atoms. The van der Waals surface area contributed by atoms with E-state index in [0.717, 1.165) is 11.1 Å². The van der Waals surface area contributed by atoms with Crippen molar-refractivity contribution < 1.29 is 13.6 Å². The Morgan fingerprint density at radius 3 is 2.71 bits per heavy atom. The molecule has 1 aliphatic carbocycles. The summed E-state index contributed by atoms with van der Waals surface area (Å²) in [5.41, 5.74) is 2.68. The minimum absolute atomic E-state index is 0.00402. The number of benzene rings is 1. The first-order valence-electron chi connectivity index (χ1n) is 10.2. The largest absolute Gasteiger partial charge is 0.420 e. The standard InChI is InChI=1S/C22H20FN5O3/c23-15-5-1-13(2-6-15)17-11-20(27-26-17)25-21(29)14-3-7-16(8-4-14)28-18-9-10-24-12-19(18)31-22(28)30/h1-2,5-6,9-12,14,16H,3-4,7-8H2,(H2,25,26,27,29). The lowest BCUT2D eigenvalue weighted by atomic mass is 9.85. The van der Waals surface area contributed by atoms with Crippen LogP contribution in [0.3, 0.4) is 0 Å². The van der Waals surface area contributed by atoms with E-state index in [-0.39, 0.29) is 29.4 Å². The third-order valence-corrected chi connectivity index (χ3v) is 5.83. The number of nitrogens with one attached hydrogen (secondary N) is 2. The maximum atomic E-state index is 13.1. The van der Waals surface area contributed by atoms with Crippen molar-refractivity contribution in [2.45, 2.75) is 31.7 Å². The van der Waals surface area contributed by atoms with Crippen molar-refractivity contribution in [3.63, 3.8) is 0 Å². The number of hydrogen-bond donors (Lipinski definition) is 2. The Bertz CT molecular complexity index is 1280. The number of carbonyl (C=O) groups excluding carboxylic acids is 1. The van der Waals surface area contributed by atoms with Crippen molar-refractivity contribution in [3.05, 3.63) is 65.2 Å². The Balaban J connectivity index is 1.23. The number of rotatable bonds is 4. The summed E-state index contributed by atoms with van der Waals surface area (Å²) in [5, 5.41) is 9.85. The zero-order valence-electron chi connectivity index (χ0n) is 16.5. The fraction of sp³-hybridized carbons (Fsp3) is 0.273. The number of nitrogens with zero attached hydrogens (tertiary/aromatic N) is 3. The molecule has 0 bridgehead atoms. The Hall–Kier alpha value is -3.75. The van der Waals surface area contributed by atoms with E-state index in [4.69, 9.17) is 4.42 Å². The molecular formula is C22H20FN5O3. The van der Waals surface area contributed by atoms with Gasteiger partial charge < -0.3 is 9.73 Å². The quantitative estimate of drug-likeness (QED) is 0.520. The fourth-order valence-corrected chi connectivity index (χ4v) is 4.23. The van der Waals surface area contributed by atoms with Gasteiger partial charge in [0, 0.05) is 24.2 Å². The van der Waals surface area contributed by atoms with Gasteiger partial charge in [-0.05, 0) is 61.6 Å². The van der Waals surface area contributed by atoms with E-state index in [1.807, 2.05) is 0 Å². The number of hydrogen-bond acceptors (Lipinski definition) is 5. The monoisotopic (exact) mass is 421 g/mol. The number of carbonyl (C=O) groups is 1. The van der Waals surface area contributed by atoms with E-state index in [1.165, 1.54) is 18.3 Å². The first-order valence-corrected chi connectivity index (χ1v) is 10.2. The summed E-state index contributed by atoms with van der Waals surface area (Å²) in [4.78, 5) is 29.0. The van der Waals surface area contributed by atoms with Crippen LogP contribution in [0.2, 0.25) is 0 Å². The van der Waals surface area contributed by atoms with E-state index in [0.29, 0.717) is 42.8 Å². The van der Waals surface area contributed by atoms with Crippen molar-refractivity contribution in [1.29, 1.82) is 0 Å². The molecule has 2 N–H and O–H groups in total. The van der Waals surface area contributed by atoms with Gasteiger partial charge in [-0.25, -0.2) is 9.18 Å². The van der Waals surface area contributed by atoms with Gasteiger partial charge in [0.25, 0.3) is 0 Å². The molecule has 0 aliphatic heterocycles. The van der Waals surface area contributed by atoms with Gasteiger partial charge in [-0.15, -0.1) is 0 Å².